The molecule has 1 fully saturated rings. The molecule has 1 aliphatic rings. The van der Waals surface area contributed by atoms with Crippen LogP contribution in [-0.2, 0) is 6.42 Å². The van der Waals surface area contributed by atoms with Crippen LogP contribution in [0, 0.1) is 5.92 Å². The van der Waals surface area contributed by atoms with E-state index in [4.69, 9.17) is 11.6 Å². The maximum Gasteiger partial charge on any atom is 0.248 e. The van der Waals surface area contributed by atoms with Crippen molar-refractivity contribution in [3.05, 3.63) is 34.9 Å². The molecule has 0 bridgehead atoms. The van der Waals surface area contributed by atoms with Gasteiger partial charge in [0.15, 0.2) is 0 Å². The van der Waals surface area contributed by atoms with Gasteiger partial charge in [-0.25, -0.2) is 8.78 Å². The summed E-state index contributed by atoms with van der Waals surface area (Å²) in [5.41, 5.74) is 0.817. The molecule has 0 spiro atoms. The van der Waals surface area contributed by atoms with Gasteiger partial charge in [0, 0.05) is 24.3 Å². The molecule has 1 N–H and O–H groups in total. The zero-order valence-electron chi connectivity index (χ0n) is 9.37. The molecule has 4 heteroatoms. The van der Waals surface area contributed by atoms with E-state index in [1.54, 1.807) is 6.07 Å². The van der Waals surface area contributed by atoms with E-state index < -0.39 is 12.0 Å². The maximum absolute atomic E-state index is 13.0. The first-order valence-corrected chi connectivity index (χ1v) is 6.15. The zero-order valence-corrected chi connectivity index (χ0v) is 10.1. The summed E-state index contributed by atoms with van der Waals surface area (Å²) in [7, 11) is 0. The van der Waals surface area contributed by atoms with E-state index in [-0.39, 0.29) is 18.8 Å². The lowest BCUT2D eigenvalue weighted by Gasteiger charge is -2.18. The third-order valence-electron chi connectivity index (χ3n) is 3.37. The Hall–Kier alpha value is -0.670. The number of rotatable bonds is 3. The van der Waals surface area contributed by atoms with Crippen LogP contribution >= 0.6 is 11.6 Å². The highest BCUT2D eigenvalue weighted by atomic mass is 35.5. The van der Waals surface area contributed by atoms with E-state index in [1.807, 2.05) is 18.2 Å². The smallest absolute Gasteiger partial charge is 0.248 e. The molecule has 2 atom stereocenters. The Balaban J connectivity index is 1.98. The summed E-state index contributed by atoms with van der Waals surface area (Å²) < 4.78 is 26.1. The van der Waals surface area contributed by atoms with Crippen molar-refractivity contribution in [2.24, 2.45) is 5.92 Å². The second-order valence-electron chi connectivity index (χ2n) is 4.72. The molecular weight excluding hydrogens is 246 g/mol. The minimum Gasteiger partial charge on any atom is -0.392 e. The van der Waals surface area contributed by atoms with Crippen molar-refractivity contribution in [1.82, 2.24) is 0 Å². The molecule has 0 saturated heterocycles. The fourth-order valence-corrected chi connectivity index (χ4v) is 2.58. The fraction of sp³-hybridized carbons (Fsp3) is 0.538. The molecule has 1 aromatic rings. The summed E-state index contributed by atoms with van der Waals surface area (Å²) in [5.74, 6) is -2.92. The molecule has 0 amide bonds. The van der Waals surface area contributed by atoms with Crippen molar-refractivity contribution in [1.29, 1.82) is 0 Å². The van der Waals surface area contributed by atoms with Gasteiger partial charge in [-0.1, -0.05) is 29.8 Å². The van der Waals surface area contributed by atoms with Crippen LogP contribution in [0.15, 0.2) is 24.3 Å². The topological polar surface area (TPSA) is 20.2 Å². The van der Waals surface area contributed by atoms with Gasteiger partial charge in [-0.15, -0.1) is 0 Å². The van der Waals surface area contributed by atoms with Gasteiger partial charge in [-0.05, 0) is 24.0 Å². The highest BCUT2D eigenvalue weighted by Crippen LogP contribution is 2.41. The second kappa shape index (κ2) is 4.91. The van der Waals surface area contributed by atoms with Crippen LogP contribution in [0.5, 0.6) is 0 Å². The highest BCUT2D eigenvalue weighted by molar-refractivity contribution is 6.31. The third kappa shape index (κ3) is 3.17. The summed E-state index contributed by atoms with van der Waals surface area (Å²) in [6.45, 7) is 0. The van der Waals surface area contributed by atoms with E-state index in [0.29, 0.717) is 17.9 Å². The number of benzene rings is 1. The second-order valence-corrected chi connectivity index (χ2v) is 5.13. The Bertz CT molecular complexity index is 395. The van der Waals surface area contributed by atoms with Gasteiger partial charge < -0.3 is 5.11 Å². The predicted octanol–water partition coefficient (Wildman–Crippen LogP) is 3.68. The Morgan fingerprint density at radius 1 is 1.41 bits per heavy atom. The quantitative estimate of drug-likeness (QED) is 0.879. The fourth-order valence-electron chi connectivity index (χ4n) is 2.37. The number of hydrogen-bond donors (Lipinski definition) is 1. The minimum atomic E-state index is -2.61. The molecule has 94 valence electrons. The first-order chi connectivity index (χ1) is 7.98. The molecule has 2 rings (SSSR count). The minimum absolute atomic E-state index is 0.114. The number of alkyl halides is 2. The van der Waals surface area contributed by atoms with Gasteiger partial charge >= 0.3 is 0 Å². The molecular formula is C13H15ClF2O. The van der Waals surface area contributed by atoms with E-state index in [9.17, 15) is 13.9 Å². The third-order valence-corrected chi connectivity index (χ3v) is 3.74. The van der Waals surface area contributed by atoms with E-state index in [1.165, 1.54) is 0 Å². The van der Waals surface area contributed by atoms with Crippen LogP contribution in [0.2, 0.25) is 5.02 Å². The van der Waals surface area contributed by atoms with Crippen LogP contribution in [-0.4, -0.2) is 17.1 Å². The van der Waals surface area contributed by atoms with Crippen LogP contribution < -0.4 is 0 Å². The monoisotopic (exact) mass is 260 g/mol. The summed E-state index contributed by atoms with van der Waals surface area (Å²) in [4.78, 5) is 0. The van der Waals surface area contributed by atoms with Crippen molar-refractivity contribution in [2.75, 3.05) is 0 Å². The first-order valence-electron chi connectivity index (χ1n) is 5.77. The summed E-state index contributed by atoms with van der Waals surface area (Å²) in [6, 6.07) is 7.20. The molecule has 1 nitrogen and oxygen atoms in total. The summed E-state index contributed by atoms with van der Waals surface area (Å²) in [5, 5.41) is 10.5. The van der Waals surface area contributed by atoms with E-state index >= 15 is 0 Å². The van der Waals surface area contributed by atoms with Crippen LogP contribution in [0.25, 0.3) is 0 Å². The van der Waals surface area contributed by atoms with Crippen molar-refractivity contribution < 1.29 is 13.9 Å². The molecule has 17 heavy (non-hydrogen) atoms. The van der Waals surface area contributed by atoms with Crippen molar-refractivity contribution in [3.8, 4) is 0 Å². The van der Waals surface area contributed by atoms with Crippen molar-refractivity contribution >= 4 is 11.6 Å². The number of hydrogen-bond acceptors (Lipinski definition) is 1. The van der Waals surface area contributed by atoms with E-state index in [2.05, 4.69) is 0 Å². The molecule has 1 aliphatic carbocycles. The lowest BCUT2D eigenvalue weighted by molar-refractivity contribution is -0.00479. The molecule has 1 saturated carbocycles. The van der Waals surface area contributed by atoms with Gasteiger partial charge in [0.2, 0.25) is 5.92 Å². The predicted molar refractivity (Wildman–Crippen MR) is 63.5 cm³/mol. The molecule has 0 aliphatic heterocycles. The van der Waals surface area contributed by atoms with Crippen LogP contribution in [0.3, 0.4) is 0 Å². The number of aliphatic hydroxyl groups is 1. The van der Waals surface area contributed by atoms with Crippen molar-refractivity contribution in [2.45, 2.75) is 37.7 Å². The lowest BCUT2D eigenvalue weighted by Crippen LogP contribution is -2.22. The average Bonchev–Trinajstić information content (AvgIpc) is 2.62. The Kier molecular flexibility index (Phi) is 3.69. The molecule has 0 heterocycles. The number of aliphatic hydroxyl groups excluding tert-OH is 1. The van der Waals surface area contributed by atoms with Crippen molar-refractivity contribution in [3.63, 3.8) is 0 Å². The number of halogens is 3. The molecule has 0 aromatic heterocycles. The maximum atomic E-state index is 13.0. The van der Waals surface area contributed by atoms with Gasteiger partial charge in [0.05, 0.1) is 6.10 Å². The molecule has 2 unspecified atom stereocenters. The first kappa shape index (κ1) is 12.8. The van der Waals surface area contributed by atoms with Gasteiger partial charge in [0.1, 0.15) is 0 Å². The Morgan fingerprint density at radius 3 is 2.71 bits per heavy atom. The van der Waals surface area contributed by atoms with Crippen LogP contribution in [0.1, 0.15) is 24.8 Å². The summed E-state index contributed by atoms with van der Waals surface area (Å²) in [6.07, 6.45) is -0.321. The Labute approximate surface area is 104 Å². The zero-order chi connectivity index (χ0) is 12.5. The highest BCUT2D eigenvalue weighted by Gasteiger charge is 2.42. The average molecular weight is 261 g/mol. The van der Waals surface area contributed by atoms with Gasteiger partial charge in [0.25, 0.3) is 0 Å². The van der Waals surface area contributed by atoms with Gasteiger partial charge in [-0.3, -0.25) is 0 Å². The summed E-state index contributed by atoms with van der Waals surface area (Å²) >= 11 is 5.97. The lowest BCUT2D eigenvalue weighted by atomic mass is 9.95. The standard InChI is InChI=1S/C13H15ClF2O/c14-11-4-2-1-3-9(11)7-12(17)10-5-6-13(15,16)8-10/h1-4,10,12,17H,5-8H2. The van der Waals surface area contributed by atoms with Crippen LogP contribution in [0.4, 0.5) is 8.78 Å². The largest absolute Gasteiger partial charge is 0.392 e. The molecule has 1 aromatic carbocycles. The van der Waals surface area contributed by atoms with E-state index in [0.717, 1.165) is 5.56 Å². The molecule has 0 radical (unpaired) electrons. The SMILES string of the molecule is OC(Cc1ccccc1Cl)C1CCC(F)(F)C1. The normalized spacial score (nSPS) is 24.8. The van der Waals surface area contributed by atoms with Gasteiger partial charge in [-0.2, -0.15) is 0 Å². The Morgan fingerprint density at radius 2 is 2.12 bits per heavy atom.